The van der Waals surface area contributed by atoms with Crippen LogP contribution in [0.3, 0.4) is 0 Å². The molecule has 0 spiro atoms. The number of morpholine rings is 1. The number of rotatable bonds is 3. The Hall–Kier alpha value is -1.54. The molecule has 0 saturated carbocycles. The van der Waals surface area contributed by atoms with Gasteiger partial charge in [0.15, 0.2) is 5.96 Å². The van der Waals surface area contributed by atoms with E-state index in [1.165, 1.54) is 0 Å². The van der Waals surface area contributed by atoms with Crippen LogP contribution in [-0.4, -0.2) is 93.0 Å². The van der Waals surface area contributed by atoms with Gasteiger partial charge >= 0.3 is 6.09 Å². The molecule has 0 aliphatic carbocycles. The first kappa shape index (κ1) is 19.8. The van der Waals surface area contributed by atoms with Crippen LogP contribution in [0.5, 0.6) is 0 Å². The van der Waals surface area contributed by atoms with Gasteiger partial charge in [-0.2, -0.15) is 0 Å². The molecule has 2 atom stereocenters. The summed E-state index contributed by atoms with van der Waals surface area (Å²) in [5.74, 6) is 0.852. The minimum Gasteiger partial charge on any atom is -0.444 e. The zero-order chi connectivity index (χ0) is 18.4. The van der Waals surface area contributed by atoms with Crippen molar-refractivity contribution in [3.8, 4) is 0 Å². The standard InChI is InChI=1S/C17H33N5O3/c1-17(2,3)25-16(23)20-13-6-7-22(11-13)15(18-4)19-10-14-12-21(5)8-9-24-14/h13-14H,6-12H2,1-5H3,(H,18,19)(H,20,23). The number of hydrogen-bond donors (Lipinski definition) is 2. The van der Waals surface area contributed by atoms with E-state index in [0.717, 1.165) is 51.7 Å². The number of hydrogen-bond acceptors (Lipinski definition) is 5. The van der Waals surface area contributed by atoms with E-state index in [1.807, 2.05) is 20.8 Å². The highest BCUT2D eigenvalue weighted by molar-refractivity contribution is 5.80. The summed E-state index contributed by atoms with van der Waals surface area (Å²) in [5.41, 5.74) is -0.479. The topological polar surface area (TPSA) is 78.4 Å². The summed E-state index contributed by atoms with van der Waals surface area (Å²) in [6, 6.07) is 0.0745. The lowest BCUT2D eigenvalue weighted by Crippen LogP contribution is -2.49. The van der Waals surface area contributed by atoms with Crippen LogP contribution < -0.4 is 10.6 Å². The maximum absolute atomic E-state index is 11.9. The molecule has 0 aromatic rings. The van der Waals surface area contributed by atoms with Crippen molar-refractivity contribution in [1.82, 2.24) is 20.4 Å². The molecule has 25 heavy (non-hydrogen) atoms. The molecule has 1 amide bonds. The van der Waals surface area contributed by atoms with Gasteiger partial charge < -0.3 is 29.9 Å². The lowest BCUT2D eigenvalue weighted by molar-refractivity contribution is -0.0163. The fourth-order valence-corrected chi connectivity index (χ4v) is 3.07. The molecule has 2 rings (SSSR count). The van der Waals surface area contributed by atoms with Crippen molar-refractivity contribution in [3.63, 3.8) is 0 Å². The molecule has 8 heteroatoms. The molecular weight excluding hydrogens is 322 g/mol. The molecule has 0 bridgehead atoms. The molecule has 0 aromatic carbocycles. The SMILES string of the molecule is CN=C(NCC1CN(C)CCO1)N1CCC(NC(=O)OC(C)(C)C)C1. The number of carbonyl (C=O) groups excluding carboxylic acids is 1. The summed E-state index contributed by atoms with van der Waals surface area (Å²) >= 11 is 0. The summed E-state index contributed by atoms with van der Waals surface area (Å²) < 4.78 is 11.1. The summed E-state index contributed by atoms with van der Waals surface area (Å²) in [6.45, 7) is 10.6. The third kappa shape index (κ3) is 6.70. The highest BCUT2D eigenvalue weighted by atomic mass is 16.6. The van der Waals surface area contributed by atoms with Crippen molar-refractivity contribution in [2.24, 2.45) is 4.99 Å². The van der Waals surface area contributed by atoms with Gasteiger partial charge in [0.2, 0.25) is 0 Å². The molecule has 2 unspecified atom stereocenters. The molecule has 2 heterocycles. The predicted octanol–water partition coefficient (Wildman–Crippen LogP) is 0.491. The second kappa shape index (κ2) is 8.71. The van der Waals surface area contributed by atoms with Gasteiger partial charge in [0.1, 0.15) is 5.60 Å². The Bertz CT molecular complexity index is 477. The first-order chi connectivity index (χ1) is 11.8. The van der Waals surface area contributed by atoms with E-state index in [2.05, 4.69) is 32.5 Å². The fourth-order valence-electron chi connectivity index (χ4n) is 3.07. The van der Waals surface area contributed by atoms with Crippen LogP contribution >= 0.6 is 0 Å². The average Bonchev–Trinajstić information content (AvgIpc) is 2.94. The van der Waals surface area contributed by atoms with Gasteiger partial charge in [-0.3, -0.25) is 4.99 Å². The minimum absolute atomic E-state index is 0.0745. The van der Waals surface area contributed by atoms with E-state index in [4.69, 9.17) is 9.47 Å². The smallest absolute Gasteiger partial charge is 0.407 e. The lowest BCUT2D eigenvalue weighted by Gasteiger charge is -2.31. The van der Waals surface area contributed by atoms with Crippen LogP contribution in [0.2, 0.25) is 0 Å². The maximum Gasteiger partial charge on any atom is 0.407 e. The number of ether oxygens (including phenoxy) is 2. The number of likely N-dealkylation sites (tertiary alicyclic amines) is 1. The summed E-state index contributed by atoms with van der Waals surface area (Å²) in [5, 5.41) is 6.33. The number of carbonyl (C=O) groups is 1. The maximum atomic E-state index is 11.9. The highest BCUT2D eigenvalue weighted by Gasteiger charge is 2.28. The molecular formula is C17H33N5O3. The van der Waals surface area contributed by atoms with Gasteiger partial charge in [-0.05, 0) is 34.2 Å². The van der Waals surface area contributed by atoms with Gasteiger partial charge in [0, 0.05) is 39.8 Å². The molecule has 2 saturated heterocycles. The Morgan fingerprint density at radius 1 is 1.32 bits per heavy atom. The van der Waals surface area contributed by atoms with Crippen molar-refractivity contribution >= 4 is 12.1 Å². The highest BCUT2D eigenvalue weighted by Crippen LogP contribution is 2.12. The normalized spacial score (nSPS) is 25.8. The first-order valence-electron chi connectivity index (χ1n) is 9.02. The van der Waals surface area contributed by atoms with Gasteiger partial charge in [-0.1, -0.05) is 0 Å². The molecule has 2 aliphatic rings. The monoisotopic (exact) mass is 355 g/mol. The van der Waals surface area contributed by atoms with Crippen LogP contribution in [0.15, 0.2) is 4.99 Å². The lowest BCUT2D eigenvalue weighted by atomic mass is 10.2. The van der Waals surface area contributed by atoms with E-state index in [-0.39, 0.29) is 18.2 Å². The van der Waals surface area contributed by atoms with Crippen LogP contribution in [0.4, 0.5) is 4.79 Å². The quantitative estimate of drug-likeness (QED) is 0.567. The van der Waals surface area contributed by atoms with E-state index in [0.29, 0.717) is 0 Å². The van der Waals surface area contributed by atoms with Gasteiger partial charge in [-0.25, -0.2) is 4.79 Å². The number of aliphatic imine (C=N–C) groups is 1. The first-order valence-corrected chi connectivity index (χ1v) is 9.02. The number of nitrogens with one attached hydrogen (secondary N) is 2. The molecule has 8 nitrogen and oxygen atoms in total. The summed E-state index contributed by atoms with van der Waals surface area (Å²) in [6.07, 6.45) is 0.692. The zero-order valence-corrected chi connectivity index (χ0v) is 16.2. The van der Waals surface area contributed by atoms with Crippen molar-refractivity contribution in [3.05, 3.63) is 0 Å². The fraction of sp³-hybridized carbons (Fsp3) is 0.882. The Kier molecular flexibility index (Phi) is 6.89. The zero-order valence-electron chi connectivity index (χ0n) is 16.2. The van der Waals surface area contributed by atoms with Crippen LogP contribution in [0.1, 0.15) is 27.2 Å². The number of guanidine groups is 1. The molecule has 144 valence electrons. The predicted molar refractivity (Wildman–Crippen MR) is 97.9 cm³/mol. The van der Waals surface area contributed by atoms with Crippen LogP contribution in [0.25, 0.3) is 0 Å². The van der Waals surface area contributed by atoms with Crippen LogP contribution in [-0.2, 0) is 9.47 Å². The van der Waals surface area contributed by atoms with Crippen molar-refractivity contribution < 1.29 is 14.3 Å². The Morgan fingerprint density at radius 2 is 2.08 bits per heavy atom. The number of amides is 1. The van der Waals surface area contributed by atoms with E-state index >= 15 is 0 Å². The summed E-state index contributed by atoms with van der Waals surface area (Å²) in [7, 11) is 3.89. The van der Waals surface area contributed by atoms with E-state index in [9.17, 15) is 4.79 Å². The Morgan fingerprint density at radius 3 is 2.72 bits per heavy atom. The van der Waals surface area contributed by atoms with Crippen molar-refractivity contribution in [1.29, 1.82) is 0 Å². The number of likely N-dealkylation sites (N-methyl/N-ethyl adjacent to an activating group) is 1. The Labute approximate surface area is 150 Å². The van der Waals surface area contributed by atoms with E-state index in [1.54, 1.807) is 7.05 Å². The molecule has 0 aromatic heterocycles. The molecule has 0 radical (unpaired) electrons. The average molecular weight is 355 g/mol. The van der Waals surface area contributed by atoms with E-state index < -0.39 is 5.60 Å². The van der Waals surface area contributed by atoms with Crippen LogP contribution in [0, 0.1) is 0 Å². The number of nitrogens with zero attached hydrogens (tertiary/aromatic N) is 3. The van der Waals surface area contributed by atoms with Crippen molar-refractivity contribution in [2.45, 2.75) is 44.9 Å². The second-order valence-electron chi connectivity index (χ2n) is 7.76. The molecule has 2 aliphatic heterocycles. The molecule has 2 N–H and O–H groups in total. The summed E-state index contributed by atoms with van der Waals surface area (Å²) in [4.78, 5) is 20.7. The van der Waals surface area contributed by atoms with Gasteiger partial charge in [0.05, 0.1) is 18.8 Å². The van der Waals surface area contributed by atoms with Gasteiger partial charge in [0.25, 0.3) is 0 Å². The Balaban J connectivity index is 1.75. The van der Waals surface area contributed by atoms with Gasteiger partial charge in [-0.15, -0.1) is 0 Å². The molecule has 2 fully saturated rings. The second-order valence-corrected chi connectivity index (χ2v) is 7.76. The van der Waals surface area contributed by atoms with Crippen molar-refractivity contribution in [2.75, 3.05) is 53.4 Å². The minimum atomic E-state index is -0.479. The third-order valence-electron chi connectivity index (χ3n) is 4.25. The third-order valence-corrected chi connectivity index (χ3v) is 4.25. The largest absolute Gasteiger partial charge is 0.444 e. The number of alkyl carbamates (subject to hydrolysis) is 1.